The van der Waals surface area contributed by atoms with Crippen LogP contribution < -0.4 is 10.6 Å². The summed E-state index contributed by atoms with van der Waals surface area (Å²) in [6.45, 7) is 3.67. The summed E-state index contributed by atoms with van der Waals surface area (Å²) in [5.41, 5.74) is 0.0750. The van der Waals surface area contributed by atoms with E-state index in [4.69, 9.17) is 10.4 Å². The third kappa shape index (κ3) is 5.10. The Kier molecular flexibility index (Phi) is 5.67. The summed E-state index contributed by atoms with van der Waals surface area (Å²) >= 11 is 0. The Morgan fingerprint density at radius 2 is 2.10 bits per heavy atom. The fourth-order valence-corrected chi connectivity index (χ4v) is 1.73. The molecule has 0 saturated carbocycles. The highest BCUT2D eigenvalue weighted by Gasteiger charge is 2.21. The number of carbonyl (C=O) groups is 2. The number of hydrogen-bond acceptors (Lipinski definition) is 3. The van der Waals surface area contributed by atoms with E-state index in [1.54, 1.807) is 6.07 Å². The summed E-state index contributed by atoms with van der Waals surface area (Å²) in [5.74, 6) is -1.65. The summed E-state index contributed by atoms with van der Waals surface area (Å²) < 4.78 is 13.0. The van der Waals surface area contributed by atoms with Crippen molar-refractivity contribution in [3.05, 3.63) is 29.6 Å². The number of nitriles is 1. The SMILES string of the molecule is CC(C)C[C@@H](NC(=O)Nc1ccc(F)cc1C#N)C(=O)O. The largest absolute Gasteiger partial charge is 0.480 e. The molecule has 2 amide bonds. The highest BCUT2D eigenvalue weighted by Crippen LogP contribution is 2.16. The Morgan fingerprint density at radius 1 is 1.43 bits per heavy atom. The first-order valence-electron chi connectivity index (χ1n) is 6.33. The number of nitrogens with zero attached hydrogens (tertiary/aromatic N) is 1. The number of hydrogen-bond donors (Lipinski definition) is 3. The minimum Gasteiger partial charge on any atom is -0.480 e. The molecule has 6 nitrogen and oxygen atoms in total. The van der Waals surface area contributed by atoms with Crippen molar-refractivity contribution < 1.29 is 19.1 Å². The highest BCUT2D eigenvalue weighted by molar-refractivity contribution is 5.93. The van der Waals surface area contributed by atoms with Crippen LogP contribution in [0.5, 0.6) is 0 Å². The number of aliphatic carboxylic acids is 1. The molecule has 0 fully saturated rings. The third-order valence-electron chi connectivity index (χ3n) is 2.66. The Hall–Kier alpha value is -2.62. The molecule has 3 N–H and O–H groups in total. The van der Waals surface area contributed by atoms with Crippen LogP contribution in [0.2, 0.25) is 0 Å². The Labute approximate surface area is 121 Å². The number of anilines is 1. The van der Waals surface area contributed by atoms with Gasteiger partial charge in [0, 0.05) is 0 Å². The molecule has 0 aliphatic carbocycles. The molecular weight excluding hydrogens is 277 g/mol. The molecule has 0 aromatic heterocycles. The van der Waals surface area contributed by atoms with Crippen LogP contribution in [0.1, 0.15) is 25.8 Å². The minimum absolute atomic E-state index is 0.0408. The number of nitrogens with one attached hydrogen (secondary N) is 2. The third-order valence-corrected chi connectivity index (χ3v) is 2.66. The van der Waals surface area contributed by atoms with Gasteiger partial charge in [0.15, 0.2) is 0 Å². The number of halogens is 1. The topological polar surface area (TPSA) is 102 Å². The average Bonchev–Trinajstić information content (AvgIpc) is 2.39. The molecule has 7 heteroatoms. The first-order valence-corrected chi connectivity index (χ1v) is 6.33. The lowest BCUT2D eigenvalue weighted by Crippen LogP contribution is -2.43. The standard InChI is InChI=1S/C14H16FN3O3/c1-8(2)5-12(13(19)20)18-14(21)17-11-4-3-10(15)6-9(11)7-16/h3-4,6,8,12H,5H2,1-2H3,(H,19,20)(H2,17,18,21)/t12-/m1/s1. The van der Waals surface area contributed by atoms with Gasteiger partial charge in [0.1, 0.15) is 17.9 Å². The van der Waals surface area contributed by atoms with Gasteiger partial charge < -0.3 is 15.7 Å². The number of benzene rings is 1. The quantitative estimate of drug-likeness (QED) is 0.775. The van der Waals surface area contributed by atoms with Crippen molar-refractivity contribution in [2.24, 2.45) is 5.92 Å². The summed E-state index contributed by atoms with van der Waals surface area (Å²) in [6, 6.07) is 3.28. The van der Waals surface area contributed by atoms with E-state index in [0.717, 1.165) is 12.1 Å². The second-order valence-electron chi connectivity index (χ2n) is 4.92. The lowest BCUT2D eigenvalue weighted by Gasteiger charge is -2.17. The second kappa shape index (κ2) is 7.24. The van der Waals surface area contributed by atoms with Crippen LogP contribution >= 0.6 is 0 Å². The molecule has 0 aliphatic heterocycles. The lowest BCUT2D eigenvalue weighted by molar-refractivity contribution is -0.139. The number of urea groups is 1. The number of carboxylic acids is 1. The first-order chi connectivity index (χ1) is 9.83. The van der Waals surface area contributed by atoms with Crippen LogP contribution in [0, 0.1) is 23.1 Å². The Balaban J connectivity index is 2.77. The minimum atomic E-state index is -1.14. The van der Waals surface area contributed by atoms with Gasteiger partial charge in [0.2, 0.25) is 0 Å². The Bertz CT molecular complexity index is 581. The fourth-order valence-electron chi connectivity index (χ4n) is 1.73. The first kappa shape index (κ1) is 16.4. The van der Waals surface area contributed by atoms with E-state index in [0.29, 0.717) is 0 Å². The van der Waals surface area contributed by atoms with Crippen molar-refractivity contribution in [1.82, 2.24) is 5.32 Å². The van der Waals surface area contributed by atoms with E-state index in [1.165, 1.54) is 6.07 Å². The predicted molar refractivity (Wildman–Crippen MR) is 74.1 cm³/mol. The predicted octanol–water partition coefficient (Wildman–Crippen LogP) is 2.32. The molecule has 0 heterocycles. The van der Waals surface area contributed by atoms with Crippen molar-refractivity contribution in [2.45, 2.75) is 26.3 Å². The molecule has 112 valence electrons. The van der Waals surface area contributed by atoms with Gasteiger partial charge in [0.25, 0.3) is 0 Å². The van der Waals surface area contributed by atoms with E-state index >= 15 is 0 Å². The van der Waals surface area contributed by atoms with E-state index in [9.17, 15) is 14.0 Å². The summed E-state index contributed by atoms with van der Waals surface area (Å²) in [4.78, 5) is 22.8. The maximum Gasteiger partial charge on any atom is 0.326 e. The molecule has 1 rings (SSSR count). The van der Waals surface area contributed by atoms with Crippen molar-refractivity contribution >= 4 is 17.7 Å². The van der Waals surface area contributed by atoms with Gasteiger partial charge in [-0.3, -0.25) is 0 Å². The zero-order valence-corrected chi connectivity index (χ0v) is 11.7. The monoisotopic (exact) mass is 293 g/mol. The van der Waals surface area contributed by atoms with Gasteiger partial charge >= 0.3 is 12.0 Å². The molecule has 0 unspecified atom stereocenters. The fraction of sp³-hybridized carbons (Fsp3) is 0.357. The number of carboxylic acid groups (broad SMARTS) is 1. The summed E-state index contributed by atoms with van der Waals surface area (Å²) in [6.07, 6.45) is 0.275. The van der Waals surface area contributed by atoms with E-state index in [1.807, 2.05) is 13.8 Å². The maximum atomic E-state index is 13.0. The van der Waals surface area contributed by atoms with Crippen molar-refractivity contribution in [2.75, 3.05) is 5.32 Å². The van der Waals surface area contributed by atoms with E-state index in [2.05, 4.69) is 10.6 Å². The van der Waals surface area contributed by atoms with Crippen molar-refractivity contribution in [3.63, 3.8) is 0 Å². The lowest BCUT2D eigenvalue weighted by atomic mass is 10.0. The molecule has 0 radical (unpaired) electrons. The number of carbonyl (C=O) groups excluding carboxylic acids is 1. The van der Waals surface area contributed by atoms with Gasteiger partial charge in [-0.1, -0.05) is 13.8 Å². The molecule has 0 saturated heterocycles. The maximum absolute atomic E-state index is 13.0. The molecule has 0 bridgehead atoms. The highest BCUT2D eigenvalue weighted by atomic mass is 19.1. The van der Waals surface area contributed by atoms with Crippen LogP contribution in [-0.2, 0) is 4.79 Å². The molecule has 1 atom stereocenters. The number of amides is 2. The van der Waals surface area contributed by atoms with Crippen LogP contribution in [0.4, 0.5) is 14.9 Å². The van der Waals surface area contributed by atoms with Crippen LogP contribution in [-0.4, -0.2) is 23.1 Å². The van der Waals surface area contributed by atoms with Gasteiger partial charge in [-0.2, -0.15) is 5.26 Å². The van der Waals surface area contributed by atoms with Gasteiger partial charge in [-0.25, -0.2) is 14.0 Å². The zero-order valence-electron chi connectivity index (χ0n) is 11.7. The molecular formula is C14H16FN3O3. The molecule has 1 aromatic carbocycles. The van der Waals surface area contributed by atoms with E-state index in [-0.39, 0.29) is 23.6 Å². The van der Waals surface area contributed by atoms with Crippen molar-refractivity contribution in [1.29, 1.82) is 5.26 Å². The molecule has 1 aromatic rings. The zero-order chi connectivity index (χ0) is 16.0. The normalized spacial score (nSPS) is 11.6. The second-order valence-corrected chi connectivity index (χ2v) is 4.92. The van der Waals surface area contributed by atoms with E-state index < -0.39 is 23.9 Å². The molecule has 0 aliphatic rings. The smallest absolute Gasteiger partial charge is 0.326 e. The average molecular weight is 293 g/mol. The van der Waals surface area contributed by atoms with Crippen LogP contribution in [0.3, 0.4) is 0 Å². The molecule has 0 spiro atoms. The molecule has 21 heavy (non-hydrogen) atoms. The number of rotatable bonds is 5. The van der Waals surface area contributed by atoms with Gasteiger partial charge in [-0.05, 0) is 30.5 Å². The van der Waals surface area contributed by atoms with Crippen molar-refractivity contribution in [3.8, 4) is 6.07 Å². The van der Waals surface area contributed by atoms with Gasteiger partial charge in [0.05, 0.1) is 11.3 Å². The van der Waals surface area contributed by atoms with Crippen LogP contribution in [0.15, 0.2) is 18.2 Å². The Morgan fingerprint density at radius 3 is 2.62 bits per heavy atom. The summed E-state index contributed by atoms with van der Waals surface area (Å²) in [7, 11) is 0. The van der Waals surface area contributed by atoms with Crippen LogP contribution in [0.25, 0.3) is 0 Å². The summed E-state index contributed by atoms with van der Waals surface area (Å²) in [5, 5.41) is 22.5. The van der Waals surface area contributed by atoms with Gasteiger partial charge in [-0.15, -0.1) is 0 Å².